The highest BCUT2D eigenvalue weighted by molar-refractivity contribution is 6.06. The number of hydrogen-bond donors (Lipinski definition) is 1. The van der Waals surface area contributed by atoms with E-state index in [0.29, 0.717) is 17.8 Å². The number of hydrogen-bond acceptors (Lipinski definition) is 2. The Balaban J connectivity index is 1.86. The Bertz CT molecular complexity index is 783. The van der Waals surface area contributed by atoms with Gasteiger partial charge in [-0.15, -0.1) is 0 Å². The number of amides is 1. The van der Waals surface area contributed by atoms with E-state index in [1.165, 1.54) is 0 Å². The van der Waals surface area contributed by atoms with Gasteiger partial charge in [0.1, 0.15) is 5.82 Å². The van der Waals surface area contributed by atoms with Crippen molar-refractivity contribution in [2.75, 3.05) is 23.3 Å². The van der Waals surface area contributed by atoms with Crippen LogP contribution in [0, 0.1) is 5.82 Å². The van der Waals surface area contributed by atoms with Gasteiger partial charge in [-0.2, -0.15) is 13.2 Å². The Morgan fingerprint density at radius 2 is 1.72 bits per heavy atom. The number of rotatable bonds is 3. The Morgan fingerprint density at radius 3 is 2.40 bits per heavy atom. The fourth-order valence-electron chi connectivity index (χ4n) is 2.89. The largest absolute Gasteiger partial charge is 0.419 e. The van der Waals surface area contributed by atoms with Gasteiger partial charge in [0.05, 0.1) is 16.9 Å². The van der Waals surface area contributed by atoms with Gasteiger partial charge in [0, 0.05) is 18.7 Å². The molecule has 1 N–H and O–H groups in total. The summed E-state index contributed by atoms with van der Waals surface area (Å²) in [7, 11) is 0. The molecule has 0 aromatic heterocycles. The van der Waals surface area contributed by atoms with Gasteiger partial charge < -0.3 is 10.2 Å². The van der Waals surface area contributed by atoms with Crippen molar-refractivity contribution in [2.45, 2.75) is 19.0 Å². The summed E-state index contributed by atoms with van der Waals surface area (Å²) >= 11 is 0. The minimum atomic E-state index is -4.85. The van der Waals surface area contributed by atoms with E-state index in [-0.39, 0.29) is 5.56 Å². The molecular weight excluding hydrogens is 336 g/mol. The van der Waals surface area contributed by atoms with Crippen molar-refractivity contribution in [3.63, 3.8) is 0 Å². The molecule has 0 radical (unpaired) electrons. The second-order valence-corrected chi connectivity index (χ2v) is 5.86. The second-order valence-electron chi connectivity index (χ2n) is 5.86. The second kappa shape index (κ2) is 6.74. The monoisotopic (exact) mass is 352 g/mol. The number of anilines is 2. The molecule has 0 bridgehead atoms. The molecule has 7 heteroatoms. The zero-order chi connectivity index (χ0) is 18.0. The zero-order valence-corrected chi connectivity index (χ0v) is 13.2. The van der Waals surface area contributed by atoms with Crippen molar-refractivity contribution >= 4 is 17.3 Å². The van der Waals surface area contributed by atoms with Crippen LogP contribution in [0.15, 0.2) is 42.5 Å². The third-order valence-electron chi connectivity index (χ3n) is 4.13. The number of carbonyl (C=O) groups is 1. The molecule has 2 aromatic rings. The fraction of sp³-hybridized carbons (Fsp3) is 0.278. The van der Waals surface area contributed by atoms with Crippen LogP contribution in [0.1, 0.15) is 28.8 Å². The van der Waals surface area contributed by atoms with Crippen LogP contribution in [0.5, 0.6) is 0 Å². The van der Waals surface area contributed by atoms with Crippen molar-refractivity contribution in [1.82, 2.24) is 0 Å². The summed E-state index contributed by atoms with van der Waals surface area (Å²) in [6.07, 6.45) is -2.75. The molecule has 1 heterocycles. The molecule has 1 fully saturated rings. The van der Waals surface area contributed by atoms with Gasteiger partial charge in [-0.25, -0.2) is 4.39 Å². The van der Waals surface area contributed by atoms with Gasteiger partial charge >= 0.3 is 6.18 Å². The zero-order valence-electron chi connectivity index (χ0n) is 13.2. The summed E-state index contributed by atoms with van der Waals surface area (Å²) in [5.41, 5.74) is -0.350. The molecule has 2 aromatic carbocycles. The molecule has 1 saturated heterocycles. The Morgan fingerprint density at radius 1 is 1.04 bits per heavy atom. The molecule has 1 amide bonds. The van der Waals surface area contributed by atoms with E-state index in [1.54, 1.807) is 12.1 Å². The quantitative estimate of drug-likeness (QED) is 0.813. The summed E-state index contributed by atoms with van der Waals surface area (Å²) in [6.45, 7) is 1.73. The van der Waals surface area contributed by atoms with Crippen molar-refractivity contribution in [3.05, 3.63) is 59.4 Å². The topological polar surface area (TPSA) is 32.3 Å². The van der Waals surface area contributed by atoms with E-state index >= 15 is 0 Å². The lowest BCUT2D eigenvalue weighted by Crippen LogP contribution is -2.21. The maximum Gasteiger partial charge on any atom is 0.419 e. The van der Waals surface area contributed by atoms with E-state index < -0.39 is 23.5 Å². The van der Waals surface area contributed by atoms with Crippen LogP contribution in [0.4, 0.5) is 28.9 Å². The predicted molar refractivity (Wildman–Crippen MR) is 87.2 cm³/mol. The van der Waals surface area contributed by atoms with Gasteiger partial charge in [0.15, 0.2) is 0 Å². The number of nitrogens with zero attached hydrogens (tertiary/aromatic N) is 1. The van der Waals surface area contributed by atoms with Gasteiger partial charge in [0.2, 0.25) is 0 Å². The maximum absolute atomic E-state index is 13.4. The van der Waals surface area contributed by atoms with Crippen molar-refractivity contribution < 1.29 is 22.4 Å². The van der Waals surface area contributed by atoms with Gasteiger partial charge in [-0.3, -0.25) is 4.79 Å². The van der Waals surface area contributed by atoms with E-state index in [0.717, 1.165) is 37.7 Å². The Hall–Kier alpha value is -2.57. The van der Waals surface area contributed by atoms with E-state index in [1.807, 2.05) is 12.1 Å². The average Bonchev–Trinajstić information content (AvgIpc) is 3.09. The highest BCUT2D eigenvalue weighted by Crippen LogP contribution is 2.33. The molecular formula is C18H16F4N2O. The molecule has 0 spiro atoms. The van der Waals surface area contributed by atoms with E-state index in [9.17, 15) is 22.4 Å². The molecule has 132 valence electrons. The molecule has 1 aliphatic heterocycles. The summed E-state index contributed by atoms with van der Waals surface area (Å²) in [5, 5.41) is 2.63. The van der Waals surface area contributed by atoms with Crippen LogP contribution >= 0.6 is 0 Å². The number of benzene rings is 2. The van der Waals surface area contributed by atoms with Gasteiger partial charge in [-0.05, 0) is 43.2 Å². The number of nitrogens with one attached hydrogen (secondary N) is 1. The molecule has 0 saturated carbocycles. The minimum absolute atomic E-state index is 0.245. The summed E-state index contributed by atoms with van der Waals surface area (Å²) in [4.78, 5) is 14.5. The third-order valence-corrected chi connectivity index (χ3v) is 4.13. The molecule has 0 atom stereocenters. The SMILES string of the molecule is O=C(Nc1ccccc1N1CCCC1)c1ccc(F)c(C(F)(F)F)c1. The summed E-state index contributed by atoms with van der Waals surface area (Å²) in [6, 6.07) is 9.35. The van der Waals surface area contributed by atoms with Crippen molar-refractivity contribution in [2.24, 2.45) is 0 Å². The molecule has 0 unspecified atom stereocenters. The molecule has 0 aliphatic carbocycles. The lowest BCUT2D eigenvalue weighted by atomic mass is 10.1. The molecule has 3 rings (SSSR count). The molecule has 25 heavy (non-hydrogen) atoms. The van der Waals surface area contributed by atoms with Gasteiger partial charge in [0.25, 0.3) is 5.91 Å². The maximum atomic E-state index is 13.4. The highest BCUT2D eigenvalue weighted by atomic mass is 19.4. The number of para-hydroxylation sites is 2. The van der Waals surface area contributed by atoms with Crippen LogP contribution in [0.2, 0.25) is 0 Å². The lowest BCUT2D eigenvalue weighted by molar-refractivity contribution is -0.140. The van der Waals surface area contributed by atoms with Crippen LogP contribution in [0.25, 0.3) is 0 Å². The molecule has 3 nitrogen and oxygen atoms in total. The van der Waals surface area contributed by atoms with Crippen LogP contribution in [-0.2, 0) is 6.18 Å². The Labute approximate surface area is 142 Å². The Kier molecular flexibility index (Phi) is 4.65. The van der Waals surface area contributed by atoms with Crippen molar-refractivity contribution in [3.8, 4) is 0 Å². The highest BCUT2D eigenvalue weighted by Gasteiger charge is 2.34. The van der Waals surface area contributed by atoms with E-state index in [2.05, 4.69) is 10.2 Å². The normalized spacial score (nSPS) is 14.6. The predicted octanol–water partition coefficient (Wildman–Crippen LogP) is 4.70. The first kappa shape index (κ1) is 17.3. The average molecular weight is 352 g/mol. The van der Waals surface area contributed by atoms with Crippen LogP contribution in [0.3, 0.4) is 0 Å². The van der Waals surface area contributed by atoms with Crippen LogP contribution in [-0.4, -0.2) is 19.0 Å². The van der Waals surface area contributed by atoms with Crippen LogP contribution < -0.4 is 10.2 Å². The minimum Gasteiger partial charge on any atom is -0.370 e. The van der Waals surface area contributed by atoms with E-state index in [4.69, 9.17) is 0 Å². The summed E-state index contributed by atoms with van der Waals surface area (Å²) < 4.78 is 51.8. The number of carbonyl (C=O) groups excluding carboxylic acids is 1. The van der Waals surface area contributed by atoms with Gasteiger partial charge in [-0.1, -0.05) is 12.1 Å². The summed E-state index contributed by atoms with van der Waals surface area (Å²) in [5.74, 6) is -2.11. The van der Waals surface area contributed by atoms with Crippen molar-refractivity contribution in [1.29, 1.82) is 0 Å². The first-order valence-corrected chi connectivity index (χ1v) is 7.88. The standard InChI is InChI=1S/C18H16F4N2O/c19-14-8-7-12(11-13(14)18(20,21)22)17(25)23-15-5-1-2-6-16(15)24-9-3-4-10-24/h1-2,5-8,11H,3-4,9-10H2,(H,23,25). The fourth-order valence-corrected chi connectivity index (χ4v) is 2.89. The first-order chi connectivity index (χ1) is 11.9. The smallest absolute Gasteiger partial charge is 0.370 e. The number of alkyl halides is 3. The third kappa shape index (κ3) is 3.75. The number of halogens is 4. The first-order valence-electron chi connectivity index (χ1n) is 7.88. The lowest BCUT2D eigenvalue weighted by Gasteiger charge is -2.21. The molecule has 1 aliphatic rings.